The molecule has 0 spiro atoms. The fourth-order valence-corrected chi connectivity index (χ4v) is 6.41. The molecular formula is C44H57BBrCl3N12O4. The average molecular weight is 1020 g/mol. The van der Waals surface area contributed by atoms with Crippen LogP contribution in [0.25, 0.3) is 11.1 Å². The van der Waals surface area contributed by atoms with Crippen molar-refractivity contribution in [2.75, 3.05) is 95.6 Å². The van der Waals surface area contributed by atoms with Crippen molar-refractivity contribution in [1.29, 1.82) is 0 Å². The van der Waals surface area contributed by atoms with E-state index in [1.807, 2.05) is 72.9 Å². The summed E-state index contributed by atoms with van der Waals surface area (Å²) in [6.45, 7) is 11.7. The Bertz CT molecular complexity index is 2060. The summed E-state index contributed by atoms with van der Waals surface area (Å²) in [6.07, 6.45) is 11.9. The number of hydrogen-bond acceptors (Lipinski definition) is 16. The largest absolute Gasteiger partial charge is 0.490 e. The molecule has 6 heterocycles. The van der Waals surface area contributed by atoms with E-state index in [4.69, 9.17) is 71.5 Å². The number of nitrogen functional groups attached to an aromatic ring is 2. The van der Waals surface area contributed by atoms with Crippen LogP contribution in [0.1, 0.15) is 12.8 Å². The van der Waals surface area contributed by atoms with Gasteiger partial charge in [-0.3, -0.25) is 19.8 Å². The summed E-state index contributed by atoms with van der Waals surface area (Å²) in [4.78, 5) is 27.7. The Morgan fingerprint density at radius 3 is 1.69 bits per heavy atom. The Morgan fingerprint density at radius 1 is 0.662 bits per heavy atom. The molecule has 65 heavy (non-hydrogen) atoms. The van der Waals surface area contributed by atoms with E-state index in [0.29, 0.717) is 10.6 Å². The van der Waals surface area contributed by atoms with Gasteiger partial charge in [0.2, 0.25) is 10.6 Å². The minimum atomic E-state index is -1.40. The number of anilines is 3. The number of morpholine rings is 2. The predicted molar refractivity (Wildman–Crippen MR) is 267 cm³/mol. The number of pyridine rings is 2. The van der Waals surface area contributed by atoms with Crippen molar-refractivity contribution >= 4 is 80.5 Å². The number of aromatic nitrogens is 6. The van der Waals surface area contributed by atoms with E-state index in [1.54, 1.807) is 36.8 Å². The Kier molecular flexibility index (Phi) is 28.5. The van der Waals surface area contributed by atoms with E-state index in [0.717, 1.165) is 124 Å². The quantitative estimate of drug-likeness (QED) is 0.0311. The molecule has 2 saturated heterocycles. The second-order valence-corrected chi connectivity index (χ2v) is 15.8. The van der Waals surface area contributed by atoms with Crippen molar-refractivity contribution in [3.63, 3.8) is 0 Å². The highest BCUT2D eigenvalue weighted by Gasteiger charge is 2.10. The molecule has 21 heteroatoms. The lowest BCUT2D eigenvalue weighted by atomic mass is 9.82. The lowest BCUT2D eigenvalue weighted by Gasteiger charge is -2.26. The molecule has 6 aromatic rings. The number of nitrogens with zero attached hydrogens (tertiary/aromatic N) is 8. The number of nitrogens with two attached hydrogens (primary N) is 3. The molecule has 0 radical (unpaired) electrons. The molecule has 8 rings (SSSR count). The molecule has 2 aliphatic heterocycles. The lowest BCUT2D eigenvalue weighted by molar-refractivity contribution is 0.0377. The van der Waals surface area contributed by atoms with Crippen LogP contribution in [-0.4, -0.2) is 136 Å². The van der Waals surface area contributed by atoms with E-state index in [2.05, 4.69) is 61.0 Å². The highest BCUT2D eigenvalue weighted by atomic mass is 79.9. The highest BCUT2D eigenvalue weighted by molar-refractivity contribution is 9.10. The highest BCUT2D eigenvalue weighted by Crippen LogP contribution is 2.19. The number of hydrogen-bond donors (Lipinski definition) is 6. The number of benzene rings is 2. The Balaban J connectivity index is 0.000000212. The summed E-state index contributed by atoms with van der Waals surface area (Å²) in [5.41, 5.74) is 20.7. The third kappa shape index (κ3) is 26.2. The second-order valence-electron chi connectivity index (χ2n) is 13.8. The van der Waals surface area contributed by atoms with Gasteiger partial charge in [-0.2, -0.15) is 0 Å². The van der Waals surface area contributed by atoms with Crippen LogP contribution in [0.15, 0.2) is 127 Å². The first-order chi connectivity index (χ1) is 31.5. The average Bonchev–Trinajstić information content (AvgIpc) is 3.32. The van der Waals surface area contributed by atoms with Crippen LogP contribution < -0.4 is 28.0 Å². The van der Waals surface area contributed by atoms with Crippen LogP contribution in [0.5, 0.6) is 0 Å². The van der Waals surface area contributed by atoms with Crippen molar-refractivity contribution in [1.82, 2.24) is 39.7 Å². The number of rotatable bonds is 10. The van der Waals surface area contributed by atoms with Gasteiger partial charge in [0.05, 0.1) is 26.4 Å². The van der Waals surface area contributed by atoms with Crippen molar-refractivity contribution in [3.8, 4) is 11.1 Å². The van der Waals surface area contributed by atoms with Gasteiger partial charge in [0.15, 0.2) is 0 Å². The fourth-order valence-electron chi connectivity index (χ4n) is 5.52. The van der Waals surface area contributed by atoms with Crippen molar-refractivity contribution in [3.05, 3.63) is 142 Å². The summed E-state index contributed by atoms with van der Waals surface area (Å²) < 4.78 is 11.5. The van der Waals surface area contributed by atoms with Gasteiger partial charge in [-0.05, 0) is 116 Å². The normalized spacial score (nSPS) is 13.2. The molecule has 0 aliphatic carbocycles. The molecule has 16 nitrogen and oxygen atoms in total. The van der Waals surface area contributed by atoms with Gasteiger partial charge in [0.25, 0.3) is 0 Å². The summed E-state index contributed by atoms with van der Waals surface area (Å²) in [7, 11) is -1.40. The van der Waals surface area contributed by atoms with E-state index in [1.165, 1.54) is 12.4 Å². The molecule has 0 saturated carbocycles. The summed E-state index contributed by atoms with van der Waals surface area (Å²) in [5, 5.41) is 21.1. The zero-order valence-electron chi connectivity index (χ0n) is 36.1. The third-order valence-electron chi connectivity index (χ3n) is 8.77. The first-order valence-electron chi connectivity index (χ1n) is 20.7. The zero-order valence-corrected chi connectivity index (χ0v) is 39.9. The van der Waals surface area contributed by atoms with Crippen LogP contribution in [0.3, 0.4) is 0 Å². The molecular weight excluding hydrogens is 958 g/mol. The summed E-state index contributed by atoms with van der Waals surface area (Å²) >= 11 is 19.7. The topological polar surface area (TPSA) is 233 Å². The molecule has 4 aromatic heterocycles. The monoisotopic (exact) mass is 1010 g/mol. The molecule has 0 unspecified atom stereocenters. The number of ether oxygens (including phenoxy) is 2. The molecule has 2 fully saturated rings. The van der Waals surface area contributed by atoms with Gasteiger partial charge in [0.1, 0.15) is 11.0 Å². The predicted octanol–water partition coefficient (Wildman–Crippen LogP) is 5.84. The van der Waals surface area contributed by atoms with Gasteiger partial charge in [0, 0.05) is 96.8 Å². The maximum atomic E-state index is 8.54. The molecule has 0 bridgehead atoms. The van der Waals surface area contributed by atoms with Gasteiger partial charge in [-0.15, -0.1) is 0 Å². The van der Waals surface area contributed by atoms with Gasteiger partial charge in [-0.25, -0.2) is 19.9 Å². The second kappa shape index (κ2) is 33.8. The van der Waals surface area contributed by atoms with Gasteiger partial charge >= 0.3 is 7.12 Å². The van der Waals surface area contributed by atoms with E-state index >= 15 is 0 Å². The molecule has 9 N–H and O–H groups in total. The van der Waals surface area contributed by atoms with E-state index in [-0.39, 0.29) is 10.6 Å². The maximum Gasteiger partial charge on any atom is 0.490 e. The smallest absolute Gasteiger partial charge is 0.423 e. The summed E-state index contributed by atoms with van der Waals surface area (Å²) in [6, 6.07) is 25.9. The van der Waals surface area contributed by atoms with Crippen molar-refractivity contribution < 1.29 is 19.5 Å². The Hall–Kier alpha value is -4.57. The van der Waals surface area contributed by atoms with Crippen molar-refractivity contribution in [2.24, 2.45) is 5.73 Å². The van der Waals surface area contributed by atoms with Crippen molar-refractivity contribution in [2.45, 2.75) is 12.8 Å². The van der Waals surface area contributed by atoms with Gasteiger partial charge < -0.3 is 42.0 Å². The van der Waals surface area contributed by atoms with E-state index in [9.17, 15) is 0 Å². The summed E-state index contributed by atoms with van der Waals surface area (Å²) in [5.74, 6) is 0.784. The van der Waals surface area contributed by atoms with E-state index < -0.39 is 7.12 Å². The molecule has 2 aliphatic rings. The van der Waals surface area contributed by atoms with Gasteiger partial charge in [-0.1, -0.05) is 57.9 Å². The third-order valence-corrected chi connectivity index (χ3v) is 9.84. The minimum Gasteiger partial charge on any atom is -0.423 e. The number of halogens is 4. The number of nitrogens with one attached hydrogen (secondary N) is 1. The van der Waals surface area contributed by atoms with Crippen LogP contribution in [0.2, 0.25) is 15.7 Å². The fraction of sp³-hybridized carbons (Fsp3) is 0.318. The minimum absolute atomic E-state index is 0.178. The first-order valence-corrected chi connectivity index (χ1v) is 22.6. The lowest BCUT2D eigenvalue weighted by Crippen LogP contribution is -2.37. The first kappa shape index (κ1) is 54.8. The Morgan fingerprint density at radius 2 is 1.23 bits per heavy atom. The molecule has 2 aromatic carbocycles. The maximum absolute atomic E-state index is 8.54. The Labute approximate surface area is 405 Å². The van der Waals surface area contributed by atoms with Crippen LogP contribution in [0, 0.1) is 0 Å². The van der Waals surface area contributed by atoms with Crippen LogP contribution >= 0.6 is 50.7 Å². The molecule has 0 amide bonds. The SMILES string of the molecule is Clc1ccnc(Cl)n1.Clc1nccc(NCCCN2CCOCC2)n1.NCCCN1CCOCC1.Nc1cccc(-c2cccnc2)c1.Nc1cccc(Br)c1.OB(O)c1cccnc1. The standard InChI is InChI=1S/C11H17ClN4O.C11H10N2.C7H16N2O.C6H6BrN.C5H6BNO2.C4H2Cl2N2/c12-11-14-4-2-10(15-11)13-3-1-5-16-6-8-17-9-7-16;12-11-5-1-3-9(7-11)10-4-2-6-13-8-10;8-2-1-3-9-4-6-10-7-5-9;7-5-2-1-3-6(8)4-5;8-6(9)5-2-1-3-7-4-5;5-3-1-2-7-4(6)8-3/h2,4H,1,3,5-9H2,(H,13,14,15);1-8H,12H2;1-8H2;1-4H,8H2;1-4,8-9H;1-2H. The zero-order chi connectivity index (χ0) is 46.9. The molecule has 0 atom stereocenters. The van der Waals surface area contributed by atoms with Crippen LogP contribution in [-0.2, 0) is 9.47 Å². The van der Waals surface area contributed by atoms with Crippen LogP contribution in [0.4, 0.5) is 17.2 Å². The molecule has 348 valence electrons.